The van der Waals surface area contributed by atoms with Crippen molar-refractivity contribution >= 4 is 11.8 Å². The molecule has 0 radical (unpaired) electrons. The first-order chi connectivity index (χ1) is 7.30. The van der Waals surface area contributed by atoms with Gasteiger partial charge in [0.15, 0.2) is 0 Å². The minimum absolute atomic E-state index is 0.312. The van der Waals surface area contributed by atoms with Gasteiger partial charge in [-0.2, -0.15) is 11.8 Å². The predicted molar refractivity (Wildman–Crippen MR) is 66.2 cm³/mol. The van der Waals surface area contributed by atoms with Gasteiger partial charge in [0.25, 0.3) is 0 Å². The standard InChI is InChI=1S/C11H18N2OS/c1-14-11-5-3-4-9(7-11)6-10(13-12)8-15-2/h3-5,7,10,13H,6,8,12H2,1-2H3. The molecule has 1 atom stereocenters. The molecule has 0 amide bonds. The number of ether oxygens (including phenoxy) is 1. The van der Waals surface area contributed by atoms with E-state index in [0.29, 0.717) is 6.04 Å². The lowest BCUT2D eigenvalue weighted by Gasteiger charge is -2.14. The summed E-state index contributed by atoms with van der Waals surface area (Å²) in [7, 11) is 1.68. The number of thioether (sulfide) groups is 1. The fourth-order valence-corrected chi connectivity index (χ4v) is 2.07. The Labute approximate surface area is 95.4 Å². The summed E-state index contributed by atoms with van der Waals surface area (Å²) in [6.07, 6.45) is 3.00. The van der Waals surface area contributed by atoms with Crippen LogP contribution in [0.2, 0.25) is 0 Å². The molecule has 0 bridgehead atoms. The Hall–Kier alpha value is -0.710. The van der Waals surface area contributed by atoms with Crippen molar-refractivity contribution in [1.82, 2.24) is 5.43 Å². The predicted octanol–water partition coefficient (Wildman–Crippen LogP) is 1.43. The summed E-state index contributed by atoms with van der Waals surface area (Å²) in [5.74, 6) is 7.39. The van der Waals surface area contributed by atoms with Gasteiger partial charge >= 0.3 is 0 Å². The first-order valence-electron chi connectivity index (χ1n) is 4.88. The average Bonchev–Trinajstić information content (AvgIpc) is 2.29. The van der Waals surface area contributed by atoms with E-state index in [-0.39, 0.29) is 0 Å². The number of hydrazine groups is 1. The van der Waals surface area contributed by atoms with Gasteiger partial charge in [-0.3, -0.25) is 11.3 Å². The SMILES string of the molecule is COc1cccc(CC(CSC)NN)c1. The summed E-state index contributed by atoms with van der Waals surface area (Å²) in [6.45, 7) is 0. The molecular weight excluding hydrogens is 208 g/mol. The molecule has 1 aromatic carbocycles. The normalized spacial score (nSPS) is 12.5. The smallest absolute Gasteiger partial charge is 0.119 e. The van der Waals surface area contributed by atoms with Crippen LogP contribution in [0.4, 0.5) is 0 Å². The number of nitrogens with one attached hydrogen (secondary N) is 1. The van der Waals surface area contributed by atoms with Crippen LogP contribution in [-0.4, -0.2) is 25.2 Å². The van der Waals surface area contributed by atoms with E-state index in [1.807, 2.05) is 18.2 Å². The van der Waals surface area contributed by atoms with E-state index in [9.17, 15) is 0 Å². The maximum atomic E-state index is 5.48. The molecule has 0 aliphatic heterocycles. The maximum absolute atomic E-state index is 5.48. The maximum Gasteiger partial charge on any atom is 0.119 e. The van der Waals surface area contributed by atoms with Crippen molar-refractivity contribution in [2.75, 3.05) is 19.1 Å². The third kappa shape index (κ3) is 4.11. The summed E-state index contributed by atoms with van der Waals surface area (Å²) >= 11 is 1.79. The third-order valence-corrected chi connectivity index (χ3v) is 2.96. The van der Waals surface area contributed by atoms with Crippen LogP contribution < -0.4 is 16.0 Å². The molecule has 0 saturated heterocycles. The van der Waals surface area contributed by atoms with E-state index in [1.54, 1.807) is 18.9 Å². The van der Waals surface area contributed by atoms with Crippen molar-refractivity contribution in [2.24, 2.45) is 5.84 Å². The van der Waals surface area contributed by atoms with Crippen molar-refractivity contribution in [2.45, 2.75) is 12.5 Å². The van der Waals surface area contributed by atoms with Gasteiger partial charge in [0.05, 0.1) is 7.11 Å². The molecule has 3 N–H and O–H groups in total. The highest BCUT2D eigenvalue weighted by molar-refractivity contribution is 7.98. The molecule has 1 aromatic rings. The van der Waals surface area contributed by atoms with Crippen molar-refractivity contribution in [3.05, 3.63) is 29.8 Å². The molecule has 15 heavy (non-hydrogen) atoms. The highest BCUT2D eigenvalue weighted by Gasteiger charge is 2.07. The van der Waals surface area contributed by atoms with Crippen molar-refractivity contribution in [3.8, 4) is 5.75 Å². The second kappa shape index (κ2) is 6.71. The number of hydrogen-bond donors (Lipinski definition) is 2. The topological polar surface area (TPSA) is 47.3 Å². The van der Waals surface area contributed by atoms with Crippen molar-refractivity contribution < 1.29 is 4.74 Å². The first kappa shape index (κ1) is 12.4. The summed E-state index contributed by atoms with van der Waals surface area (Å²) < 4.78 is 5.17. The van der Waals surface area contributed by atoms with Gasteiger partial charge in [0.1, 0.15) is 5.75 Å². The molecule has 0 saturated carbocycles. The van der Waals surface area contributed by atoms with E-state index in [2.05, 4.69) is 17.7 Å². The van der Waals surface area contributed by atoms with Gasteiger partial charge in [-0.05, 0) is 30.4 Å². The minimum atomic E-state index is 0.312. The van der Waals surface area contributed by atoms with E-state index in [4.69, 9.17) is 10.6 Å². The number of benzene rings is 1. The first-order valence-corrected chi connectivity index (χ1v) is 6.27. The molecule has 84 valence electrons. The molecule has 0 aromatic heterocycles. The van der Waals surface area contributed by atoms with Crippen LogP contribution in [-0.2, 0) is 6.42 Å². The van der Waals surface area contributed by atoms with E-state index in [1.165, 1.54) is 5.56 Å². The highest BCUT2D eigenvalue weighted by atomic mass is 32.2. The van der Waals surface area contributed by atoms with Gasteiger partial charge in [0.2, 0.25) is 0 Å². The van der Waals surface area contributed by atoms with Gasteiger partial charge < -0.3 is 4.74 Å². The molecule has 1 rings (SSSR count). The fraction of sp³-hybridized carbons (Fsp3) is 0.455. The molecule has 0 heterocycles. The zero-order valence-corrected chi connectivity index (χ0v) is 10.0. The largest absolute Gasteiger partial charge is 0.497 e. The van der Waals surface area contributed by atoms with E-state index < -0.39 is 0 Å². The van der Waals surface area contributed by atoms with Crippen LogP contribution >= 0.6 is 11.8 Å². The van der Waals surface area contributed by atoms with Gasteiger partial charge in [0, 0.05) is 11.8 Å². The number of rotatable bonds is 6. The van der Waals surface area contributed by atoms with Gasteiger partial charge in [-0.25, -0.2) is 0 Å². The van der Waals surface area contributed by atoms with Crippen molar-refractivity contribution in [3.63, 3.8) is 0 Å². The van der Waals surface area contributed by atoms with E-state index >= 15 is 0 Å². The zero-order chi connectivity index (χ0) is 11.1. The lowest BCUT2D eigenvalue weighted by atomic mass is 10.1. The molecule has 0 spiro atoms. The number of nitrogens with two attached hydrogens (primary N) is 1. The van der Waals surface area contributed by atoms with Gasteiger partial charge in [-0.1, -0.05) is 12.1 Å². The molecule has 3 nitrogen and oxygen atoms in total. The van der Waals surface area contributed by atoms with Crippen LogP contribution in [0, 0.1) is 0 Å². The van der Waals surface area contributed by atoms with E-state index in [0.717, 1.165) is 17.9 Å². The van der Waals surface area contributed by atoms with Crippen LogP contribution in [0.3, 0.4) is 0 Å². The summed E-state index contributed by atoms with van der Waals surface area (Å²) in [5, 5.41) is 0. The second-order valence-electron chi connectivity index (χ2n) is 3.37. The Balaban J connectivity index is 2.61. The van der Waals surface area contributed by atoms with Crippen LogP contribution in [0.15, 0.2) is 24.3 Å². The molecule has 0 fully saturated rings. The quantitative estimate of drug-likeness (QED) is 0.569. The Bertz CT molecular complexity index is 294. The van der Waals surface area contributed by atoms with Crippen LogP contribution in [0.5, 0.6) is 5.75 Å². The number of methoxy groups -OCH3 is 1. The highest BCUT2D eigenvalue weighted by Crippen LogP contribution is 2.14. The Morgan fingerprint density at radius 2 is 2.33 bits per heavy atom. The summed E-state index contributed by atoms with van der Waals surface area (Å²) in [6, 6.07) is 8.40. The molecule has 1 unspecified atom stereocenters. The Kier molecular flexibility index (Phi) is 5.53. The lowest BCUT2D eigenvalue weighted by molar-refractivity contribution is 0.414. The molecule has 4 heteroatoms. The summed E-state index contributed by atoms with van der Waals surface area (Å²) in [5.41, 5.74) is 4.07. The monoisotopic (exact) mass is 226 g/mol. The lowest BCUT2D eigenvalue weighted by Crippen LogP contribution is -2.38. The number of hydrogen-bond acceptors (Lipinski definition) is 4. The molecular formula is C11H18N2OS. The Morgan fingerprint density at radius 1 is 1.53 bits per heavy atom. The third-order valence-electron chi connectivity index (χ3n) is 2.22. The zero-order valence-electron chi connectivity index (χ0n) is 9.19. The Morgan fingerprint density at radius 3 is 2.93 bits per heavy atom. The fourth-order valence-electron chi connectivity index (χ4n) is 1.45. The second-order valence-corrected chi connectivity index (χ2v) is 4.29. The minimum Gasteiger partial charge on any atom is -0.497 e. The average molecular weight is 226 g/mol. The summed E-state index contributed by atoms with van der Waals surface area (Å²) in [4.78, 5) is 0. The molecule has 0 aliphatic rings. The van der Waals surface area contributed by atoms with Crippen molar-refractivity contribution in [1.29, 1.82) is 0 Å². The molecule has 0 aliphatic carbocycles. The van der Waals surface area contributed by atoms with Gasteiger partial charge in [-0.15, -0.1) is 0 Å². The van der Waals surface area contributed by atoms with Crippen LogP contribution in [0.25, 0.3) is 0 Å². The van der Waals surface area contributed by atoms with Crippen LogP contribution in [0.1, 0.15) is 5.56 Å².